The van der Waals surface area contributed by atoms with Crippen LogP contribution in [0, 0.1) is 5.92 Å². The molecule has 0 aromatic heterocycles. The molecule has 8 nitrogen and oxygen atoms in total. The van der Waals surface area contributed by atoms with E-state index in [9.17, 15) is 0 Å². The van der Waals surface area contributed by atoms with E-state index in [-0.39, 0.29) is 18.8 Å². The third-order valence-corrected chi connectivity index (χ3v) is 5.23. The maximum absolute atomic E-state index is 5.88. The molecule has 0 aliphatic carbocycles. The Morgan fingerprint density at radius 3 is 2.93 bits per heavy atom. The second-order valence-corrected chi connectivity index (χ2v) is 7.68. The summed E-state index contributed by atoms with van der Waals surface area (Å²) in [5.74, 6) is 1.41. The van der Waals surface area contributed by atoms with Gasteiger partial charge in [0.15, 0.2) is 5.84 Å². The van der Waals surface area contributed by atoms with Gasteiger partial charge in [-0.3, -0.25) is 4.90 Å². The summed E-state index contributed by atoms with van der Waals surface area (Å²) < 4.78 is 11.3. The minimum atomic E-state index is 0.0182. The van der Waals surface area contributed by atoms with Crippen LogP contribution in [-0.2, 0) is 9.47 Å². The largest absolute Gasteiger partial charge is 0.468 e. The molecule has 0 aromatic carbocycles. The zero-order valence-corrected chi connectivity index (χ0v) is 18.3. The van der Waals surface area contributed by atoms with Gasteiger partial charge in [0.1, 0.15) is 5.70 Å². The van der Waals surface area contributed by atoms with E-state index in [0.29, 0.717) is 17.6 Å². The minimum Gasteiger partial charge on any atom is -0.468 e. The Morgan fingerprint density at radius 1 is 1.45 bits per heavy atom. The van der Waals surface area contributed by atoms with E-state index in [4.69, 9.17) is 15.2 Å². The number of rotatable bonds is 9. The molecule has 2 aliphatic heterocycles. The molecule has 29 heavy (non-hydrogen) atoms. The van der Waals surface area contributed by atoms with Crippen molar-refractivity contribution in [2.45, 2.75) is 64.9 Å². The maximum Gasteiger partial charge on any atom is 0.315 e. The summed E-state index contributed by atoms with van der Waals surface area (Å²) in [5.41, 5.74) is 6.16. The summed E-state index contributed by atoms with van der Waals surface area (Å²) in [7, 11) is 1.62. The van der Waals surface area contributed by atoms with Crippen LogP contribution >= 0.6 is 0 Å². The molecule has 3 N–H and O–H groups in total. The predicted molar refractivity (Wildman–Crippen MR) is 119 cm³/mol. The van der Waals surface area contributed by atoms with Gasteiger partial charge in [0, 0.05) is 6.54 Å². The van der Waals surface area contributed by atoms with Crippen LogP contribution < -0.4 is 11.1 Å². The van der Waals surface area contributed by atoms with Crippen molar-refractivity contribution in [3.63, 3.8) is 0 Å². The van der Waals surface area contributed by atoms with Crippen LogP contribution in [0.15, 0.2) is 27.3 Å². The SMILES string of the molecule is C=C1N=C(OC)N(CCCCC2CCCNC2)C1=NC(=NCN)O[C@@H](C)CCC. The summed E-state index contributed by atoms with van der Waals surface area (Å²) in [6.45, 7) is 11.3. The highest BCUT2D eigenvalue weighted by molar-refractivity contribution is 6.15. The van der Waals surface area contributed by atoms with Crippen molar-refractivity contribution in [2.75, 3.05) is 33.4 Å². The Balaban J connectivity index is 1.99. The summed E-state index contributed by atoms with van der Waals surface area (Å²) in [6, 6.07) is 0.789. The van der Waals surface area contributed by atoms with Crippen LogP contribution in [0.5, 0.6) is 0 Å². The van der Waals surface area contributed by atoms with E-state index in [2.05, 4.69) is 33.8 Å². The lowest BCUT2D eigenvalue weighted by atomic mass is 9.94. The molecule has 0 saturated carbocycles. The van der Waals surface area contributed by atoms with E-state index in [0.717, 1.165) is 51.2 Å². The number of hydrogen-bond acceptors (Lipinski definition) is 6. The van der Waals surface area contributed by atoms with Gasteiger partial charge in [-0.1, -0.05) is 26.3 Å². The molecule has 8 heteroatoms. The van der Waals surface area contributed by atoms with Crippen molar-refractivity contribution in [1.82, 2.24) is 10.2 Å². The zero-order valence-electron chi connectivity index (χ0n) is 18.3. The van der Waals surface area contributed by atoms with Crippen LogP contribution in [0.4, 0.5) is 0 Å². The molecule has 0 bridgehead atoms. The second kappa shape index (κ2) is 12.6. The van der Waals surface area contributed by atoms with Gasteiger partial charge in [-0.25, -0.2) is 4.99 Å². The molecule has 2 rings (SSSR count). The molecule has 0 radical (unpaired) electrons. The molecule has 0 aromatic rings. The Morgan fingerprint density at radius 2 is 2.28 bits per heavy atom. The van der Waals surface area contributed by atoms with Gasteiger partial charge in [-0.2, -0.15) is 9.98 Å². The van der Waals surface area contributed by atoms with Crippen molar-refractivity contribution >= 4 is 17.9 Å². The molecule has 164 valence electrons. The highest BCUT2D eigenvalue weighted by atomic mass is 16.5. The summed E-state index contributed by atoms with van der Waals surface area (Å²) in [4.78, 5) is 15.2. The molecule has 2 heterocycles. The van der Waals surface area contributed by atoms with Crippen molar-refractivity contribution in [3.8, 4) is 0 Å². The average molecular weight is 407 g/mol. The highest BCUT2D eigenvalue weighted by Gasteiger charge is 2.29. The monoisotopic (exact) mass is 406 g/mol. The molecule has 1 unspecified atom stereocenters. The van der Waals surface area contributed by atoms with Gasteiger partial charge in [-0.05, 0) is 58.0 Å². The molecular weight excluding hydrogens is 368 g/mol. The first-order valence-electron chi connectivity index (χ1n) is 10.9. The van der Waals surface area contributed by atoms with Crippen LogP contribution in [0.2, 0.25) is 0 Å². The number of nitrogens with one attached hydrogen (secondary N) is 1. The van der Waals surface area contributed by atoms with E-state index >= 15 is 0 Å². The van der Waals surface area contributed by atoms with E-state index in [1.807, 2.05) is 11.8 Å². The van der Waals surface area contributed by atoms with Gasteiger partial charge in [0.05, 0.1) is 19.9 Å². The Hall–Kier alpha value is -1.93. The fourth-order valence-corrected chi connectivity index (χ4v) is 3.74. The number of amidine groups is 3. The number of unbranched alkanes of at least 4 members (excludes halogenated alkanes) is 1. The van der Waals surface area contributed by atoms with Crippen LogP contribution in [0.3, 0.4) is 0 Å². The molecule has 0 amide bonds. The first-order valence-corrected chi connectivity index (χ1v) is 10.9. The molecule has 1 saturated heterocycles. The maximum atomic E-state index is 5.88. The Kier molecular flexibility index (Phi) is 10.1. The van der Waals surface area contributed by atoms with Crippen LogP contribution in [-0.4, -0.2) is 62.3 Å². The Bertz CT molecular complexity index is 610. The molecule has 2 aliphatic rings. The van der Waals surface area contributed by atoms with Gasteiger partial charge < -0.3 is 20.5 Å². The normalized spacial score (nSPS) is 22.8. The first-order chi connectivity index (χ1) is 14.1. The highest BCUT2D eigenvalue weighted by Crippen LogP contribution is 2.20. The van der Waals surface area contributed by atoms with Crippen LogP contribution in [0.25, 0.3) is 0 Å². The summed E-state index contributed by atoms with van der Waals surface area (Å²) in [6.07, 6.45) is 8.02. The lowest BCUT2D eigenvalue weighted by Crippen LogP contribution is -2.35. The van der Waals surface area contributed by atoms with Crippen molar-refractivity contribution in [3.05, 3.63) is 12.3 Å². The first kappa shape index (κ1) is 23.3. The smallest absolute Gasteiger partial charge is 0.315 e. The number of nitrogens with two attached hydrogens (primary N) is 1. The number of aliphatic imine (C=N–C) groups is 3. The van der Waals surface area contributed by atoms with Crippen molar-refractivity contribution in [1.29, 1.82) is 0 Å². The lowest BCUT2D eigenvalue weighted by Gasteiger charge is -2.23. The summed E-state index contributed by atoms with van der Waals surface area (Å²) in [5, 5.41) is 3.49. The summed E-state index contributed by atoms with van der Waals surface area (Å²) >= 11 is 0. The van der Waals surface area contributed by atoms with Gasteiger partial charge in [0.25, 0.3) is 6.02 Å². The van der Waals surface area contributed by atoms with E-state index < -0.39 is 0 Å². The third-order valence-electron chi connectivity index (χ3n) is 5.23. The van der Waals surface area contributed by atoms with E-state index in [1.165, 1.54) is 19.3 Å². The van der Waals surface area contributed by atoms with Crippen molar-refractivity contribution in [2.24, 2.45) is 26.6 Å². The lowest BCUT2D eigenvalue weighted by molar-refractivity contribution is 0.192. The van der Waals surface area contributed by atoms with Crippen LogP contribution in [0.1, 0.15) is 58.8 Å². The Labute approximate surface area is 175 Å². The molecular formula is C21H38N6O2. The molecule has 2 atom stereocenters. The number of nitrogens with zero attached hydrogens (tertiary/aromatic N) is 4. The van der Waals surface area contributed by atoms with Crippen molar-refractivity contribution < 1.29 is 9.47 Å². The standard InChI is InChI=1S/C21H38N6O2/c1-5-9-16(2)29-20(24-15-22)26-19-17(3)25-21(28-4)27(19)13-7-6-10-18-11-8-12-23-14-18/h16,18,23H,3,5-15,22H2,1-2,4H3/t16-,18?/m0/s1. The van der Waals surface area contributed by atoms with Gasteiger partial charge in [0.2, 0.25) is 0 Å². The second-order valence-electron chi connectivity index (χ2n) is 7.68. The molecule has 0 spiro atoms. The quantitative estimate of drug-likeness (QED) is 0.349. The number of ether oxygens (including phenoxy) is 2. The fraction of sp³-hybridized carbons (Fsp3) is 0.762. The fourth-order valence-electron chi connectivity index (χ4n) is 3.74. The minimum absolute atomic E-state index is 0.0182. The topological polar surface area (TPSA) is 96.8 Å². The number of methoxy groups -OCH3 is 1. The predicted octanol–water partition coefficient (Wildman–Crippen LogP) is 2.86. The van der Waals surface area contributed by atoms with Gasteiger partial charge >= 0.3 is 6.02 Å². The van der Waals surface area contributed by atoms with E-state index in [1.54, 1.807) is 7.11 Å². The third kappa shape index (κ3) is 7.44. The average Bonchev–Trinajstić information content (AvgIpc) is 3.01. The number of piperidine rings is 1. The zero-order chi connectivity index (χ0) is 21.1. The number of hydrogen-bond donors (Lipinski definition) is 2. The van der Waals surface area contributed by atoms with Gasteiger partial charge in [-0.15, -0.1) is 0 Å². The molecule has 1 fully saturated rings.